The molecule has 0 spiro atoms. The van der Waals surface area contributed by atoms with Crippen molar-refractivity contribution < 1.29 is 17.9 Å². The zero-order valence-electron chi connectivity index (χ0n) is 23.0. The summed E-state index contributed by atoms with van der Waals surface area (Å²) in [5, 5.41) is 1.86. The topological polar surface area (TPSA) is 70.0 Å². The van der Waals surface area contributed by atoms with Crippen LogP contribution in [0.15, 0.2) is 101 Å². The minimum atomic E-state index is -1.90. The number of likely N-dealkylation sites (N-methyl/N-ethyl adjacent to an activating group) is 1. The molecule has 0 aromatic heterocycles. The number of benzene rings is 2. The number of carbonyl (C=O) groups excluding carboxylic acids is 1. The Morgan fingerprint density at radius 3 is 2.66 bits per heavy atom. The smallest absolute Gasteiger partial charge is 0.187 e. The Morgan fingerprint density at radius 2 is 1.90 bits per heavy atom. The molecule has 2 aromatic carbocycles. The first-order valence-corrected chi connectivity index (χ1v) is 15.2. The number of fused-ring (bicyclic) bond motifs is 4. The van der Waals surface area contributed by atoms with Crippen LogP contribution in [0, 0.1) is 5.82 Å². The molecule has 5 nitrogen and oxygen atoms in total. The second-order valence-corrected chi connectivity index (χ2v) is 11.7. The van der Waals surface area contributed by atoms with Crippen LogP contribution in [0.1, 0.15) is 60.0 Å². The van der Waals surface area contributed by atoms with Gasteiger partial charge >= 0.3 is 0 Å². The molecule has 2 aromatic rings. The maximum atomic E-state index is 14.1. The van der Waals surface area contributed by atoms with Crippen molar-refractivity contribution in [3.63, 3.8) is 0 Å². The molecule has 1 heterocycles. The van der Waals surface area contributed by atoms with Crippen LogP contribution < -0.4 is 10.4 Å². The number of allylic oxidation sites excluding steroid dienone is 6. The molecule has 3 atom stereocenters. The first-order chi connectivity index (χ1) is 19.9. The third-order valence-electron chi connectivity index (χ3n) is 8.31. The summed E-state index contributed by atoms with van der Waals surface area (Å²) in [5.74, 6) is -0.254. The van der Waals surface area contributed by atoms with Crippen molar-refractivity contribution in [2.24, 2.45) is 4.99 Å². The Bertz CT molecular complexity index is 1780. The summed E-state index contributed by atoms with van der Waals surface area (Å²) in [6.07, 6.45) is 16.7. The maximum Gasteiger partial charge on any atom is 0.187 e. The monoisotopic (exact) mass is 566 g/mol. The second kappa shape index (κ2) is 11.1. The molecule has 0 amide bonds. The summed E-state index contributed by atoms with van der Waals surface area (Å²) in [6, 6.07) is 10.7. The van der Waals surface area contributed by atoms with Gasteiger partial charge in [-0.2, -0.15) is 0 Å². The lowest BCUT2D eigenvalue weighted by atomic mass is 9.71. The third-order valence-corrected chi connectivity index (χ3v) is 8.86. The molecule has 3 aliphatic carbocycles. The molecule has 0 saturated heterocycles. The van der Waals surface area contributed by atoms with Crippen LogP contribution in [-0.4, -0.2) is 38.0 Å². The fourth-order valence-corrected chi connectivity index (χ4v) is 6.81. The van der Waals surface area contributed by atoms with Gasteiger partial charge in [-0.05, 0) is 82.3 Å². The molecule has 7 heteroatoms. The van der Waals surface area contributed by atoms with E-state index >= 15 is 0 Å². The summed E-state index contributed by atoms with van der Waals surface area (Å²) < 4.78 is 34.8. The standard InChI is InChI=1S/C34H31FN2O3S/c1-3-37-17-4-16-36-20-30(37)27-13-11-26(22-7-9-24(35)10-8-22)33-28-14-12-25-23(15-18-41(39)40)6-5-21(2)32(25)34(28)31(38)19-29(27)33/h4-10,12-14,16-17,19-21,26H,3,11,15,18H2,1-2H3,(H,39,40). The van der Waals surface area contributed by atoms with E-state index in [1.165, 1.54) is 12.1 Å². The largest absolute Gasteiger partial charge is 0.346 e. The van der Waals surface area contributed by atoms with Crippen LogP contribution >= 0.6 is 0 Å². The Morgan fingerprint density at radius 1 is 1.12 bits per heavy atom. The van der Waals surface area contributed by atoms with Gasteiger partial charge in [-0.15, -0.1) is 0 Å². The van der Waals surface area contributed by atoms with Gasteiger partial charge < -0.3 is 9.45 Å². The second-order valence-electron chi connectivity index (χ2n) is 10.6. The van der Waals surface area contributed by atoms with Crippen LogP contribution in [0.2, 0.25) is 0 Å². The quantitative estimate of drug-likeness (QED) is 0.475. The van der Waals surface area contributed by atoms with Gasteiger partial charge in [0, 0.05) is 41.9 Å². The van der Waals surface area contributed by atoms with E-state index in [4.69, 9.17) is 0 Å². The van der Waals surface area contributed by atoms with Gasteiger partial charge in [-0.25, -0.2) is 8.60 Å². The van der Waals surface area contributed by atoms with Gasteiger partial charge in [0.2, 0.25) is 0 Å². The number of carbonyl (C=O) groups is 1. The maximum absolute atomic E-state index is 14.1. The number of ketones is 1. The average molecular weight is 567 g/mol. The van der Waals surface area contributed by atoms with Crippen LogP contribution in [0.5, 0.6) is 0 Å². The Hall–Kier alpha value is -3.94. The fourth-order valence-electron chi connectivity index (χ4n) is 6.41. The van der Waals surface area contributed by atoms with E-state index in [0.717, 1.165) is 56.1 Å². The number of aliphatic imine (C=N–C) groups is 1. The molecule has 0 radical (unpaired) electrons. The highest BCUT2D eigenvalue weighted by atomic mass is 32.2. The van der Waals surface area contributed by atoms with Gasteiger partial charge in [0.05, 0.1) is 17.6 Å². The van der Waals surface area contributed by atoms with E-state index in [1.807, 2.05) is 42.8 Å². The summed E-state index contributed by atoms with van der Waals surface area (Å²) in [6.45, 7) is 4.90. The van der Waals surface area contributed by atoms with Gasteiger partial charge in [0.1, 0.15) is 5.82 Å². The average Bonchev–Trinajstić information content (AvgIpc) is 3.22. The van der Waals surface area contributed by atoms with E-state index < -0.39 is 11.1 Å². The number of hydrogen-bond donors (Lipinski definition) is 1. The predicted octanol–water partition coefficient (Wildman–Crippen LogP) is 5.41. The molecule has 41 heavy (non-hydrogen) atoms. The highest BCUT2D eigenvalue weighted by molar-refractivity contribution is 7.79. The van der Waals surface area contributed by atoms with Crippen LogP contribution in [0.3, 0.4) is 0 Å². The minimum Gasteiger partial charge on any atom is -0.346 e. The molecule has 4 aliphatic rings. The summed E-state index contributed by atoms with van der Waals surface area (Å²) >= 11 is -1.90. The van der Waals surface area contributed by atoms with Crippen LogP contribution in [-0.2, 0) is 11.1 Å². The van der Waals surface area contributed by atoms with Crippen molar-refractivity contribution in [2.75, 3.05) is 12.3 Å². The number of rotatable bonds is 6. The molecular formula is C34H31FN2O3S. The molecule has 208 valence electrons. The lowest BCUT2D eigenvalue weighted by Crippen LogP contribution is -2.35. The first kappa shape index (κ1) is 27.2. The van der Waals surface area contributed by atoms with Crippen molar-refractivity contribution in [3.8, 4) is 0 Å². The Balaban J connectivity index is 1.63. The molecular weight excluding hydrogens is 535 g/mol. The number of hydrogen-bond acceptors (Lipinski definition) is 4. The fraction of sp³-hybridized carbons (Fsp3) is 0.235. The summed E-state index contributed by atoms with van der Waals surface area (Å²) in [7, 11) is 0. The molecule has 6 rings (SSSR count). The van der Waals surface area contributed by atoms with Crippen molar-refractivity contribution in [1.82, 2.24) is 4.90 Å². The lowest BCUT2D eigenvalue weighted by Gasteiger charge is -2.35. The van der Waals surface area contributed by atoms with Crippen LogP contribution in [0.4, 0.5) is 4.39 Å². The molecule has 0 fully saturated rings. The first-order valence-electron chi connectivity index (χ1n) is 13.9. The van der Waals surface area contributed by atoms with E-state index in [0.29, 0.717) is 18.4 Å². The van der Waals surface area contributed by atoms with Crippen molar-refractivity contribution in [3.05, 3.63) is 129 Å². The summed E-state index contributed by atoms with van der Waals surface area (Å²) in [4.78, 5) is 20.7. The third kappa shape index (κ3) is 4.94. The highest BCUT2D eigenvalue weighted by Crippen LogP contribution is 2.45. The predicted molar refractivity (Wildman–Crippen MR) is 163 cm³/mol. The van der Waals surface area contributed by atoms with Crippen molar-refractivity contribution in [1.29, 1.82) is 0 Å². The van der Waals surface area contributed by atoms with Gasteiger partial charge in [0.15, 0.2) is 16.9 Å². The Labute approximate surface area is 241 Å². The normalized spacial score (nSPS) is 21.9. The van der Waals surface area contributed by atoms with Gasteiger partial charge in [-0.3, -0.25) is 9.79 Å². The van der Waals surface area contributed by atoms with Crippen LogP contribution in [0.25, 0.3) is 11.1 Å². The van der Waals surface area contributed by atoms with E-state index in [2.05, 4.69) is 42.0 Å². The van der Waals surface area contributed by atoms with E-state index in [9.17, 15) is 17.9 Å². The molecule has 1 aliphatic heterocycles. The molecule has 0 bridgehead atoms. The number of halogens is 1. The van der Waals surface area contributed by atoms with E-state index in [-0.39, 0.29) is 29.2 Å². The van der Waals surface area contributed by atoms with Gasteiger partial charge in [-0.1, -0.05) is 49.4 Å². The highest BCUT2D eigenvalue weighted by Gasteiger charge is 2.35. The molecule has 3 unspecified atom stereocenters. The minimum absolute atomic E-state index is 0.00493. The SMILES string of the molecule is CCN1C=CC=NC=C1C1=CCC(c2ccc(F)cc2)C2=c3ccc4c(c3C(=O)C=C12)C(C)C=CC=4CCS(=O)O. The zero-order chi connectivity index (χ0) is 28.7. The molecule has 0 saturated carbocycles. The zero-order valence-corrected chi connectivity index (χ0v) is 23.8. The number of nitrogens with zero attached hydrogens (tertiary/aromatic N) is 2. The summed E-state index contributed by atoms with van der Waals surface area (Å²) in [5.41, 5.74) is 7.42. The van der Waals surface area contributed by atoms with E-state index in [1.54, 1.807) is 12.3 Å². The van der Waals surface area contributed by atoms with Crippen molar-refractivity contribution in [2.45, 2.75) is 38.5 Å². The van der Waals surface area contributed by atoms with Crippen molar-refractivity contribution >= 4 is 34.2 Å². The lowest BCUT2D eigenvalue weighted by molar-refractivity contribution is 0.104. The Kier molecular flexibility index (Phi) is 7.41. The van der Waals surface area contributed by atoms with Gasteiger partial charge in [0.25, 0.3) is 0 Å². The molecule has 1 N–H and O–H groups in total.